The lowest BCUT2D eigenvalue weighted by atomic mass is 10.1. The predicted octanol–water partition coefficient (Wildman–Crippen LogP) is 1.14. The van der Waals surface area contributed by atoms with Crippen molar-refractivity contribution in [3.63, 3.8) is 0 Å². The molecule has 1 atom stereocenters. The van der Waals surface area contributed by atoms with Gasteiger partial charge >= 0.3 is 12.0 Å². The molecule has 0 spiro atoms. The van der Waals surface area contributed by atoms with E-state index in [4.69, 9.17) is 4.74 Å². The summed E-state index contributed by atoms with van der Waals surface area (Å²) in [6.45, 7) is 4.22. The first-order valence-corrected chi connectivity index (χ1v) is 7.67. The molecule has 0 saturated carbocycles. The molecule has 1 aliphatic heterocycles. The molecule has 0 aromatic heterocycles. The fraction of sp³-hybridized carbons (Fsp3) is 0.438. The van der Waals surface area contributed by atoms with Gasteiger partial charge in [-0.1, -0.05) is 0 Å². The Kier molecular flexibility index (Phi) is 5.75. The molecular formula is C16H21N3O5. The van der Waals surface area contributed by atoms with Crippen molar-refractivity contribution < 1.29 is 24.2 Å². The molecule has 1 aliphatic rings. The van der Waals surface area contributed by atoms with Crippen LogP contribution in [0.25, 0.3) is 0 Å². The molecule has 3 amide bonds. The second kappa shape index (κ2) is 7.78. The molecule has 0 radical (unpaired) electrons. The monoisotopic (exact) mass is 335 g/mol. The Hall–Kier alpha value is -2.61. The molecule has 1 fully saturated rings. The molecule has 1 aromatic rings. The van der Waals surface area contributed by atoms with Crippen LogP contribution in [0.2, 0.25) is 0 Å². The van der Waals surface area contributed by atoms with Crippen molar-refractivity contribution >= 4 is 23.6 Å². The molecular weight excluding hydrogens is 314 g/mol. The number of hydrogen-bond donors (Lipinski definition) is 3. The number of carboxylic acids is 1. The number of morpholine rings is 1. The standard InChI is InChI=1S/C16H21N3O5/c1-10(2)17-16(23)18-12-5-3-11(4-6-12)14(20)19-7-8-24-9-13(19)15(21)22/h3-6,10,13H,7-9H2,1-2H3,(H,21,22)(H2,17,18,23). The van der Waals surface area contributed by atoms with Gasteiger partial charge in [-0.2, -0.15) is 0 Å². The number of hydrogen-bond acceptors (Lipinski definition) is 4. The van der Waals surface area contributed by atoms with Crippen LogP contribution in [0.4, 0.5) is 10.5 Å². The Bertz CT molecular complexity index is 615. The smallest absolute Gasteiger partial charge is 0.328 e. The highest BCUT2D eigenvalue weighted by atomic mass is 16.5. The quantitative estimate of drug-likeness (QED) is 0.765. The molecule has 3 N–H and O–H groups in total. The van der Waals surface area contributed by atoms with Crippen molar-refractivity contribution in [2.24, 2.45) is 0 Å². The summed E-state index contributed by atoms with van der Waals surface area (Å²) < 4.78 is 5.12. The number of urea groups is 1. The number of amides is 3. The predicted molar refractivity (Wildman–Crippen MR) is 87.0 cm³/mol. The minimum atomic E-state index is -1.09. The van der Waals surface area contributed by atoms with E-state index in [1.54, 1.807) is 24.3 Å². The van der Waals surface area contributed by atoms with Crippen LogP contribution >= 0.6 is 0 Å². The third-order valence-electron chi connectivity index (χ3n) is 3.48. The van der Waals surface area contributed by atoms with E-state index in [0.29, 0.717) is 17.9 Å². The molecule has 2 rings (SSSR count). The SMILES string of the molecule is CC(C)NC(=O)Nc1ccc(C(=O)N2CCOCC2C(=O)O)cc1. The van der Waals surface area contributed by atoms with E-state index in [1.165, 1.54) is 4.90 Å². The van der Waals surface area contributed by atoms with E-state index >= 15 is 0 Å². The van der Waals surface area contributed by atoms with Crippen LogP contribution in [0.5, 0.6) is 0 Å². The number of carboxylic acid groups (broad SMARTS) is 1. The van der Waals surface area contributed by atoms with Gasteiger partial charge in [0.2, 0.25) is 0 Å². The summed E-state index contributed by atoms with van der Waals surface area (Å²) in [5.74, 6) is -1.46. The average molecular weight is 335 g/mol. The Balaban J connectivity index is 2.05. The van der Waals surface area contributed by atoms with E-state index < -0.39 is 12.0 Å². The van der Waals surface area contributed by atoms with Crippen molar-refractivity contribution in [3.8, 4) is 0 Å². The minimum absolute atomic E-state index is 0.0140. The summed E-state index contributed by atoms with van der Waals surface area (Å²) in [5.41, 5.74) is 0.902. The van der Waals surface area contributed by atoms with E-state index in [0.717, 1.165) is 0 Å². The maximum atomic E-state index is 12.5. The summed E-state index contributed by atoms with van der Waals surface area (Å²) in [5, 5.41) is 14.5. The van der Waals surface area contributed by atoms with E-state index in [1.807, 2.05) is 13.8 Å². The highest BCUT2D eigenvalue weighted by Crippen LogP contribution is 2.15. The fourth-order valence-corrected chi connectivity index (χ4v) is 2.34. The lowest BCUT2D eigenvalue weighted by Gasteiger charge is -2.32. The molecule has 130 valence electrons. The lowest BCUT2D eigenvalue weighted by Crippen LogP contribution is -2.52. The number of carbonyl (C=O) groups excluding carboxylic acids is 2. The van der Waals surface area contributed by atoms with Gasteiger partial charge in [-0.3, -0.25) is 4.79 Å². The molecule has 24 heavy (non-hydrogen) atoms. The van der Waals surface area contributed by atoms with E-state index in [9.17, 15) is 19.5 Å². The van der Waals surface area contributed by atoms with Crippen LogP contribution in [-0.4, -0.2) is 59.8 Å². The Morgan fingerprint density at radius 3 is 2.50 bits per heavy atom. The largest absolute Gasteiger partial charge is 0.480 e. The molecule has 0 aliphatic carbocycles. The molecule has 1 unspecified atom stereocenters. The number of anilines is 1. The summed E-state index contributed by atoms with van der Waals surface area (Å²) in [7, 11) is 0. The molecule has 1 aromatic carbocycles. The van der Waals surface area contributed by atoms with Gasteiger partial charge in [-0.25, -0.2) is 9.59 Å². The third kappa shape index (κ3) is 4.45. The maximum absolute atomic E-state index is 12.5. The van der Waals surface area contributed by atoms with Crippen molar-refractivity contribution in [3.05, 3.63) is 29.8 Å². The number of ether oxygens (including phenoxy) is 1. The van der Waals surface area contributed by atoms with Gasteiger partial charge in [0, 0.05) is 23.8 Å². The third-order valence-corrected chi connectivity index (χ3v) is 3.48. The highest BCUT2D eigenvalue weighted by Gasteiger charge is 2.33. The van der Waals surface area contributed by atoms with Crippen LogP contribution < -0.4 is 10.6 Å². The number of aliphatic carboxylic acids is 1. The van der Waals surface area contributed by atoms with Crippen molar-refractivity contribution in [2.45, 2.75) is 25.9 Å². The molecule has 8 heteroatoms. The first kappa shape index (κ1) is 17.7. The van der Waals surface area contributed by atoms with Crippen molar-refractivity contribution in [1.82, 2.24) is 10.2 Å². The van der Waals surface area contributed by atoms with E-state index in [-0.39, 0.29) is 31.1 Å². The van der Waals surface area contributed by atoms with Crippen molar-refractivity contribution in [1.29, 1.82) is 0 Å². The summed E-state index contributed by atoms with van der Waals surface area (Å²) in [6, 6.07) is 5.01. The molecule has 8 nitrogen and oxygen atoms in total. The average Bonchev–Trinajstić information content (AvgIpc) is 2.54. The number of nitrogens with one attached hydrogen (secondary N) is 2. The van der Waals surface area contributed by atoms with Gasteiger partial charge in [0.05, 0.1) is 13.2 Å². The molecule has 1 heterocycles. The van der Waals surface area contributed by atoms with Gasteiger partial charge in [0.25, 0.3) is 5.91 Å². The number of nitrogens with zero attached hydrogens (tertiary/aromatic N) is 1. The summed E-state index contributed by atoms with van der Waals surface area (Å²) >= 11 is 0. The normalized spacial score (nSPS) is 17.5. The van der Waals surface area contributed by atoms with Crippen LogP contribution in [-0.2, 0) is 9.53 Å². The number of benzene rings is 1. The number of rotatable bonds is 4. The Morgan fingerprint density at radius 1 is 1.25 bits per heavy atom. The van der Waals surface area contributed by atoms with Crippen LogP contribution in [0.1, 0.15) is 24.2 Å². The fourth-order valence-electron chi connectivity index (χ4n) is 2.34. The zero-order valence-corrected chi connectivity index (χ0v) is 13.6. The van der Waals surface area contributed by atoms with Gasteiger partial charge in [0.1, 0.15) is 0 Å². The second-order valence-corrected chi connectivity index (χ2v) is 5.76. The van der Waals surface area contributed by atoms with Gasteiger partial charge in [-0.05, 0) is 38.1 Å². The zero-order valence-electron chi connectivity index (χ0n) is 13.6. The first-order valence-electron chi connectivity index (χ1n) is 7.67. The highest BCUT2D eigenvalue weighted by molar-refractivity contribution is 5.97. The van der Waals surface area contributed by atoms with Gasteiger partial charge < -0.3 is 25.4 Å². The Labute approximate surface area is 139 Å². The summed E-state index contributed by atoms with van der Waals surface area (Å²) in [6.07, 6.45) is 0. The van der Waals surface area contributed by atoms with Gasteiger partial charge in [-0.15, -0.1) is 0 Å². The van der Waals surface area contributed by atoms with Crippen LogP contribution in [0, 0.1) is 0 Å². The first-order chi connectivity index (χ1) is 11.4. The summed E-state index contributed by atoms with van der Waals surface area (Å²) in [4.78, 5) is 36.7. The van der Waals surface area contributed by atoms with Crippen molar-refractivity contribution in [2.75, 3.05) is 25.1 Å². The molecule has 1 saturated heterocycles. The molecule has 0 bridgehead atoms. The van der Waals surface area contributed by atoms with Crippen LogP contribution in [0.15, 0.2) is 24.3 Å². The second-order valence-electron chi connectivity index (χ2n) is 5.76. The minimum Gasteiger partial charge on any atom is -0.480 e. The van der Waals surface area contributed by atoms with Gasteiger partial charge in [0.15, 0.2) is 6.04 Å². The Morgan fingerprint density at radius 2 is 1.92 bits per heavy atom. The zero-order chi connectivity index (χ0) is 17.7. The van der Waals surface area contributed by atoms with Crippen LogP contribution in [0.3, 0.4) is 0 Å². The maximum Gasteiger partial charge on any atom is 0.328 e. The topological polar surface area (TPSA) is 108 Å². The number of carbonyl (C=O) groups is 3. The van der Waals surface area contributed by atoms with E-state index in [2.05, 4.69) is 10.6 Å². The lowest BCUT2D eigenvalue weighted by molar-refractivity contribution is -0.147.